The van der Waals surface area contributed by atoms with Gasteiger partial charge in [0.15, 0.2) is 5.78 Å². The van der Waals surface area contributed by atoms with E-state index in [1.165, 1.54) is 0 Å². The molecule has 0 radical (unpaired) electrons. The number of pyridine rings is 1. The Morgan fingerprint density at radius 3 is 2.65 bits per heavy atom. The van der Waals surface area contributed by atoms with Crippen molar-refractivity contribution in [1.82, 2.24) is 4.98 Å². The van der Waals surface area contributed by atoms with Crippen LogP contribution in [-0.4, -0.2) is 29.4 Å². The number of ketones is 1. The summed E-state index contributed by atoms with van der Waals surface area (Å²) in [6.45, 7) is 0. The molecule has 0 saturated heterocycles. The Labute approximate surface area is 196 Å². The van der Waals surface area contributed by atoms with E-state index in [4.69, 9.17) is 14.2 Å². The number of hydrogen-bond acceptors (Lipinski definition) is 6. The fourth-order valence-corrected chi connectivity index (χ4v) is 5.73. The summed E-state index contributed by atoms with van der Waals surface area (Å²) in [5.74, 6) is 0.522. The van der Waals surface area contributed by atoms with Crippen LogP contribution in [0.3, 0.4) is 0 Å². The number of Topliss-reactive ketones (excluding diaryl/α,β-unsaturated/α-hetero) is 1. The van der Waals surface area contributed by atoms with Gasteiger partial charge in [-0.2, -0.15) is 0 Å². The first-order valence-corrected chi connectivity index (χ1v) is 11.8. The summed E-state index contributed by atoms with van der Waals surface area (Å²) in [5.41, 5.74) is 1.40. The number of esters is 1. The highest BCUT2D eigenvalue weighted by atomic mass is 16.5. The molecular formula is C27H25NO6. The molecule has 3 aliphatic rings. The maximum absolute atomic E-state index is 13.2. The topological polar surface area (TPSA) is 94.7 Å². The number of rotatable bonds is 2. The van der Waals surface area contributed by atoms with Gasteiger partial charge in [0.1, 0.15) is 22.8 Å². The van der Waals surface area contributed by atoms with Crippen molar-refractivity contribution in [2.45, 2.75) is 56.5 Å². The molecule has 7 nitrogen and oxygen atoms in total. The quantitative estimate of drug-likeness (QED) is 0.443. The monoisotopic (exact) mass is 459 g/mol. The van der Waals surface area contributed by atoms with E-state index in [9.17, 15) is 14.4 Å². The number of aromatic amines is 1. The van der Waals surface area contributed by atoms with Gasteiger partial charge in [0.05, 0.1) is 31.0 Å². The van der Waals surface area contributed by atoms with Gasteiger partial charge in [-0.3, -0.25) is 14.4 Å². The highest BCUT2D eigenvalue weighted by molar-refractivity contribution is 6.01. The highest BCUT2D eigenvalue weighted by Crippen LogP contribution is 2.50. The summed E-state index contributed by atoms with van der Waals surface area (Å²) >= 11 is 0. The average Bonchev–Trinajstić information content (AvgIpc) is 2.82. The number of H-pyrrole nitrogens is 1. The standard InChI is InChI=1S/C27H25NO6/c1-32-16-6-5-15-11-19(26(31)28-20(15)12-16)18-13-23(30)33-22-8-7-17-21(29)14-27(9-3-2-4-10-27)34-25(17)24(18)22/h5-8,11-12,18H,2-4,9-10,13-14H2,1H3,(H,28,31)/t18-/m1/s1. The van der Waals surface area contributed by atoms with Crippen LogP contribution >= 0.6 is 0 Å². The summed E-state index contributed by atoms with van der Waals surface area (Å²) in [7, 11) is 1.57. The predicted molar refractivity (Wildman–Crippen MR) is 125 cm³/mol. The Hall–Kier alpha value is -3.61. The van der Waals surface area contributed by atoms with Crippen LogP contribution < -0.4 is 19.8 Å². The average molecular weight is 459 g/mol. The maximum Gasteiger partial charge on any atom is 0.312 e. The molecule has 1 aromatic heterocycles. The molecule has 1 N–H and O–H groups in total. The van der Waals surface area contributed by atoms with Gasteiger partial charge in [-0.1, -0.05) is 6.42 Å². The van der Waals surface area contributed by atoms with Crippen molar-refractivity contribution < 1.29 is 23.8 Å². The molecule has 2 aromatic carbocycles. The molecule has 1 aliphatic carbocycles. The van der Waals surface area contributed by atoms with E-state index in [1.807, 2.05) is 12.1 Å². The predicted octanol–water partition coefficient (Wildman–Crippen LogP) is 4.65. The van der Waals surface area contributed by atoms with E-state index in [0.717, 1.165) is 37.5 Å². The van der Waals surface area contributed by atoms with E-state index >= 15 is 0 Å². The van der Waals surface area contributed by atoms with Crippen LogP contribution in [0.1, 0.15) is 72.3 Å². The summed E-state index contributed by atoms with van der Waals surface area (Å²) in [6.07, 6.45) is 5.18. The van der Waals surface area contributed by atoms with Gasteiger partial charge in [-0.25, -0.2) is 0 Å². The number of ether oxygens (including phenoxy) is 3. The summed E-state index contributed by atoms with van der Waals surface area (Å²) < 4.78 is 17.5. The van der Waals surface area contributed by atoms with E-state index < -0.39 is 17.5 Å². The normalized spacial score (nSPS) is 20.9. The second kappa shape index (κ2) is 7.72. The molecule has 2 aliphatic heterocycles. The number of methoxy groups -OCH3 is 1. The Kier molecular flexibility index (Phi) is 4.76. The molecule has 1 fully saturated rings. The lowest BCUT2D eigenvalue weighted by Crippen LogP contribution is -2.44. The van der Waals surface area contributed by atoms with Crippen LogP contribution in [0.4, 0.5) is 0 Å². The number of carbonyl (C=O) groups is 2. The second-order valence-corrected chi connectivity index (χ2v) is 9.54. The maximum atomic E-state index is 13.2. The van der Waals surface area contributed by atoms with Crippen LogP contribution in [0.5, 0.6) is 17.2 Å². The molecule has 0 bridgehead atoms. The third kappa shape index (κ3) is 3.30. The highest BCUT2D eigenvalue weighted by Gasteiger charge is 2.45. The Balaban J connectivity index is 1.53. The molecule has 3 heterocycles. The zero-order chi connectivity index (χ0) is 23.4. The van der Waals surface area contributed by atoms with E-state index in [1.54, 1.807) is 31.4 Å². The van der Waals surface area contributed by atoms with Crippen LogP contribution in [0.15, 0.2) is 41.2 Å². The van der Waals surface area contributed by atoms with Crippen LogP contribution in [-0.2, 0) is 4.79 Å². The molecule has 174 valence electrons. The SMILES string of the molecule is COc1ccc2cc([C@H]3CC(=O)Oc4ccc5c(c43)OC3(CCCCC3)CC5=O)c(=O)[nH]c2c1. The van der Waals surface area contributed by atoms with E-state index in [2.05, 4.69) is 4.98 Å². The number of benzene rings is 2. The van der Waals surface area contributed by atoms with Crippen molar-refractivity contribution in [2.75, 3.05) is 7.11 Å². The largest absolute Gasteiger partial charge is 0.497 e. The molecule has 34 heavy (non-hydrogen) atoms. The van der Waals surface area contributed by atoms with Crippen molar-refractivity contribution in [3.05, 3.63) is 63.4 Å². The number of hydrogen-bond donors (Lipinski definition) is 1. The minimum atomic E-state index is -0.576. The van der Waals surface area contributed by atoms with Gasteiger partial charge in [0.2, 0.25) is 0 Å². The molecule has 7 heteroatoms. The lowest BCUT2D eigenvalue weighted by Gasteiger charge is -2.42. The van der Waals surface area contributed by atoms with Crippen LogP contribution in [0, 0.1) is 0 Å². The number of fused-ring (bicyclic) bond motifs is 4. The molecule has 0 unspecified atom stereocenters. The summed E-state index contributed by atoms with van der Waals surface area (Å²) in [5, 5.41) is 0.821. The van der Waals surface area contributed by atoms with E-state index in [0.29, 0.717) is 45.9 Å². The van der Waals surface area contributed by atoms with Crippen LogP contribution in [0.2, 0.25) is 0 Å². The molecule has 3 aromatic rings. The van der Waals surface area contributed by atoms with Gasteiger partial charge in [0, 0.05) is 23.1 Å². The molecular weight excluding hydrogens is 434 g/mol. The zero-order valence-corrected chi connectivity index (χ0v) is 18.9. The number of nitrogens with one attached hydrogen (secondary N) is 1. The molecule has 1 atom stereocenters. The molecule has 6 rings (SSSR count). The second-order valence-electron chi connectivity index (χ2n) is 9.54. The molecule has 1 saturated carbocycles. The first-order valence-electron chi connectivity index (χ1n) is 11.8. The lowest BCUT2D eigenvalue weighted by molar-refractivity contribution is -0.135. The Morgan fingerprint density at radius 1 is 1.03 bits per heavy atom. The lowest BCUT2D eigenvalue weighted by atomic mass is 9.76. The third-order valence-electron chi connectivity index (χ3n) is 7.42. The Bertz CT molecular complexity index is 1400. The first-order chi connectivity index (χ1) is 16.5. The van der Waals surface area contributed by atoms with Gasteiger partial charge >= 0.3 is 5.97 Å². The van der Waals surface area contributed by atoms with Crippen molar-refractivity contribution in [1.29, 1.82) is 0 Å². The smallest absolute Gasteiger partial charge is 0.312 e. The Morgan fingerprint density at radius 2 is 1.85 bits per heavy atom. The number of aromatic nitrogens is 1. The summed E-state index contributed by atoms with van der Waals surface area (Å²) in [6, 6.07) is 10.6. The van der Waals surface area contributed by atoms with Crippen molar-refractivity contribution in [2.24, 2.45) is 0 Å². The van der Waals surface area contributed by atoms with Crippen molar-refractivity contribution >= 4 is 22.7 Å². The molecule has 1 spiro atoms. The van der Waals surface area contributed by atoms with Crippen molar-refractivity contribution in [3.63, 3.8) is 0 Å². The zero-order valence-electron chi connectivity index (χ0n) is 18.9. The number of carbonyl (C=O) groups excluding carboxylic acids is 2. The fraction of sp³-hybridized carbons (Fsp3) is 0.370. The van der Waals surface area contributed by atoms with Gasteiger partial charge in [0.25, 0.3) is 5.56 Å². The van der Waals surface area contributed by atoms with Crippen molar-refractivity contribution in [3.8, 4) is 17.2 Å². The minimum absolute atomic E-state index is 0.00124. The molecule has 0 amide bonds. The van der Waals surface area contributed by atoms with Gasteiger partial charge < -0.3 is 19.2 Å². The third-order valence-corrected chi connectivity index (χ3v) is 7.42. The minimum Gasteiger partial charge on any atom is -0.497 e. The van der Waals surface area contributed by atoms with Crippen LogP contribution in [0.25, 0.3) is 10.9 Å². The van der Waals surface area contributed by atoms with Gasteiger partial charge in [-0.15, -0.1) is 0 Å². The fourth-order valence-electron chi connectivity index (χ4n) is 5.73. The first kappa shape index (κ1) is 21.0. The summed E-state index contributed by atoms with van der Waals surface area (Å²) in [4.78, 5) is 41.9. The van der Waals surface area contributed by atoms with Gasteiger partial charge in [-0.05, 0) is 61.4 Å². The van der Waals surface area contributed by atoms with E-state index in [-0.39, 0.29) is 17.8 Å².